The number of rotatable bonds is 25. The number of aliphatic hydroxyl groups is 4. The molecule has 2 aliphatic rings. The van der Waals surface area contributed by atoms with Gasteiger partial charge in [0.05, 0.1) is 69.2 Å². The van der Waals surface area contributed by atoms with Crippen LogP contribution in [0.25, 0.3) is 0 Å². The van der Waals surface area contributed by atoms with Crippen LogP contribution in [-0.2, 0) is 28.4 Å². The molecule has 0 amide bonds. The van der Waals surface area contributed by atoms with Gasteiger partial charge in [0.1, 0.15) is 18.3 Å². The highest BCUT2D eigenvalue weighted by molar-refractivity contribution is 5.08. The van der Waals surface area contributed by atoms with Gasteiger partial charge in [0.2, 0.25) is 5.79 Å². The second kappa shape index (κ2) is 20.8. The minimum Gasteiger partial charge on any atom is -0.389 e. The third-order valence-corrected chi connectivity index (χ3v) is 8.53. The molecule has 10 heteroatoms. The molecule has 1 saturated heterocycles. The van der Waals surface area contributed by atoms with Crippen molar-refractivity contribution in [3.05, 3.63) is 101 Å². The Labute approximate surface area is 280 Å². The van der Waals surface area contributed by atoms with Crippen LogP contribution in [0.4, 0.5) is 0 Å². The van der Waals surface area contributed by atoms with Crippen LogP contribution < -0.4 is 0 Å². The number of ether oxygens (including phenoxy) is 6. The molecule has 0 aromatic rings. The summed E-state index contributed by atoms with van der Waals surface area (Å²) in [6.07, 6.45) is 3.77. The Bertz CT molecular complexity index is 1030. The maximum atomic E-state index is 11.2. The first-order valence-electron chi connectivity index (χ1n) is 16.1. The normalized spacial score (nSPS) is 33.1. The van der Waals surface area contributed by atoms with Crippen molar-refractivity contribution in [2.75, 3.05) is 26.4 Å². The summed E-state index contributed by atoms with van der Waals surface area (Å²) in [5.74, 6) is -2.59. The lowest BCUT2D eigenvalue weighted by atomic mass is 9.69. The Balaban J connectivity index is 2.78. The molecule has 1 saturated carbocycles. The first-order chi connectivity index (χ1) is 22.6. The fraction of sp³-hybridized carbons (Fsp3) is 0.568. The summed E-state index contributed by atoms with van der Waals surface area (Å²) in [5.41, 5.74) is 0. The summed E-state index contributed by atoms with van der Waals surface area (Å²) >= 11 is 0. The minimum atomic E-state index is -1.66. The molecule has 0 bridgehead atoms. The summed E-state index contributed by atoms with van der Waals surface area (Å²) in [7, 11) is 0. The van der Waals surface area contributed by atoms with Crippen LogP contribution >= 0.6 is 0 Å². The molecule has 2 rings (SSSR count). The van der Waals surface area contributed by atoms with Gasteiger partial charge >= 0.3 is 0 Å². The molecule has 0 aromatic heterocycles. The van der Waals surface area contributed by atoms with Gasteiger partial charge in [-0.1, -0.05) is 48.6 Å². The number of aliphatic hydroxyl groups excluding tert-OH is 4. The van der Waals surface area contributed by atoms with Gasteiger partial charge in [-0.25, -0.2) is 0 Å². The quantitative estimate of drug-likeness (QED) is 0.107. The Morgan fingerprint density at radius 3 is 1.68 bits per heavy atom. The zero-order chi connectivity index (χ0) is 35.0. The highest BCUT2D eigenvalue weighted by Gasteiger charge is 2.61. The third kappa shape index (κ3) is 11.0. The van der Waals surface area contributed by atoms with Crippen LogP contribution in [0, 0.1) is 11.8 Å². The molecule has 10 nitrogen and oxygen atoms in total. The molecule has 0 radical (unpaired) electrons. The van der Waals surface area contributed by atoms with Gasteiger partial charge in [-0.2, -0.15) is 0 Å². The van der Waals surface area contributed by atoms with Crippen molar-refractivity contribution >= 4 is 0 Å². The molecule has 4 unspecified atom stereocenters. The van der Waals surface area contributed by atoms with Crippen LogP contribution in [0.3, 0.4) is 0 Å². The molecule has 1 heterocycles. The van der Waals surface area contributed by atoms with E-state index in [1.807, 2.05) is 0 Å². The maximum Gasteiger partial charge on any atom is 0.200 e. The predicted molar refractivity (Wildman–Crippen MR) is 182 cm³/mol. The molecule has 13 atom stereocenters. The Morgan fingerprint density at radius 1 is 0.638 bits per heavy atom. The van der Waals surface area contributed by atoms with E-state index in [0.717, 1.165) is 0 Å². The average Bonchev–Trinajstić information content (AvgIpc) is 3.33. The topological polar surface area (TPSA) is 136 Å². The third-order valence-electron chi connectivity index (χ3n) is 8.53. The lowest BCUT2D eigenvalue weighted by molar-refractivity contribution is -0.322. The molecule has 1 aliphatic heterocycles. The van der Waals surface area contributed by atoms with E-state index in [9.17, 15) is 20.4 Å². The molecule has 2 fully saturated rings. The monoisotopic (exact) mass is 660 g/mol. The standard InChI is InChI=1S/C37H56O10/c1-9-17-42-33-30(22-25(21-26(38)13-5)32(29(41)16-8)35(33)44-19-11-3)46-37(24-28(40)15-7)36(45-20-12-4)34(43-18-10-2)31(47-37)23-27(39)14-6/h9-16,25-36,38-41H,1-8,17-24H2/t25-,26?,27?,28?,29?,30-,31+,32-,33-,34+,35-,36-,37+/m0/s1. The zero-order valence-corrected chi connectivity index (χ0v) is 27.6. The van der Waals surface area contributed by atoms with Crippen molar-refractivity contribution in [1.29, 1.82) is 0 Å². The van der Waals surface area contributed by atoms with Crippen molar-refractivity contribution in [2.24, 2.45) is 11.8 Å². The van der Waals surface area contributed by atoms with Gasteiger partial charge in [0.25, 0.3) is 0 Å². The van der Waals surface area contributed by atoms with Gasteiger partial charge in [-0.05, 0) is 18.8 Å². The van der Waals surface area contributed by atoms with Crippen LogP contribution in [-0.4, -0.2) is 114 Å². The molecule has 0 spiro atoms. The second-order valence-electron chi connectivity index (χ2n) is 11.8. The van der Waals surface area contributed by atoms with E-state index in [1.54, 1.807) is 24.3 Å². The summed E-state index contributed by atoms with van der Waals surface area (Å²) in [5, 5.41) is 43.5. The van der Waals surface area contributed by atoms with E-state index in [1.165, 1.54) is 24.3 Å². The van der Waals surface area contributed by atoms with Crippen molar-refractivity contribution in [1.82, 2.24) is 0 Å². The molecule has 264 valence electrons. The molecule has 0 aromatic carbocycles. The predicted octanol–water partition coefficient (Wildman–Crippen LogP) is 3.75. The van der Waals surface area contributed by atoms with E-state index in [-0.39, 0.29) is 58.0 Å². The first kappa shape index (κ1) is 40.7. The van der Waals surface area contributed by atoms with E-state index >= 15 is 0 Å². The molecular weight excluding hydrogens is 604 g/mol. The smallest absolute Gasteiger partial charge is 0.200 e. The van der Waals surface area contributed by atoms with Gasteiger partial charge in [-0.3, -0.25) is 0 Å². The average molecular weight is 661 g/mol. The number of hydrogen-bond donors (Lipinski definition) is 4. The van der Waals surface area contributed by atoms with Crippen LogP contribution in [0.1, 0.15) is 25.7 Å². The fourth-order valence-corrected chi connectivity index (χ4v) is 6.52. The van der Waals surface area contributed by atoms with Crippen LogP contribution in [0.5, 0.6) is 0 Å². The highest BCUT2D eigenvalue weighted by atomic mass is 16.8. The number of hydrogen-bond acceptors (Lipinski definition) is 10. The van der Waals surface area contributed by atoms with Crippen molar-refractivity contribution < 1.29 is 48.8 Å². The Kier molecular flexibility index (Phi) is 18.0. The highest BCUT2D eigenvalue weighted by Crippen LogP contribution is 2.47. The molecular formula is C37H56O10. The first-order valence-corrected chi connectivity index (χ1v) is 16.1. The van der Waals surface area contributed by atoms with Gasteiger partial charge in [0, 0.05) is 18.8 Å². The lowest BCUT2D eigenvalue weighted by Gasteiger charge is -2.50. The van der Waals surface area contributed by atoms with Crippen LogP contribution in [0.15, 0.2) is 101 Å². The molecule has 4 N–H and O–H groups in total. The minimum absolute atomic E-state index is 0.0991. The second-order valence-corrected chi connectivity index (χ2v) is 11.8. The SMILES string of the molecule is C=CCO[C@@H]1[C@@H](OCC=C)[C@@H](O[C@]2(CC(O)C=C)O[C@H](CC(O)C=C)[C@@H](OCC=C)[C@@H]2OCC=C)C[C@H](CC(O)C=C)[C@H]1C(O)C=C. The van der Waals surface area contributed by atoms with E-state index < -0.39 is 72.7 Å². The van der Waals surface area contributed by atoms with Crippen LogP contribution in [0.2, 0.25) is 0 Å². The van der Waals surface area contributed by atoms with Gasteiger partial charge in [0.15, 0.2) is 0 Å². The summed E-state index contributed by atoms with van der Waals surface area (Å²) < 4.78 is 38.9. The molecule has 47 heavy (non-hydrogen) atoms. The van der Waals surface area contributed by atoms with Gasteiger partial charge < -0.3 is 48.8 Å². The Hall–Kier alpha value is -2.48. The van der Waals surface area contributed by atoms with E-state index in [0.29, 0.717) is 0 Å². The lowest BCUT2D eigenvalue weighted by Crippen LogP contribution is -2.61. The van der Waals surface area contributed by atoms with Crippen molar-refractivity contribution in [3.63, 3.8) is 0 Å². The van der Waals surface area contributed by atoms with E-state index in [2.05, 4.69) is 52.6 Å². The summed E-state index contributed by atoms with van der Waals surface area (Å²) in [6, 6.07) is 0. The van der Waals surface area contributed by atoms with Crippen molar-refractivity contribution in [2.45, 2.75) is 92.5 Å². The fourth-order valence-electron chi connectivity index (χ4n) is 6.52. The Morgan fingerprint density at radius 2 is 1.15 bits per heavy atom. The summed E-state index contributed by atoms with van der Waals surface area (Å²) in [4.78, 5) is 0. The zero-order valence-electron chi connectivity index (χ0n) is 27.6. The largest absolute Gasteiger partial charge is 0.389 e. The van der Waals surface area contributed by atoms with Gasteiger partial charge in [-0.15, -0.1) is 52.6 Å². The van der Waals surface area contributed by atoms with E-state index in [4.69, 9.17) is 28.4 Å². The summed E-state index contributed by atoms with van der Waals surface area (Å²) in [6.45, 7) is 30.7. The maximum absolute atomic E-state index is 11.2. The molecule has 1 aliphatic carbocycles. The van der Waals surface area contributed by atoms with Crippen molar-refractivity contribution in [3.8, 4) is 0 Å².